The number of hydrogen-bond donors (Lipinski definition) is 8. The fourth-order valence-corrected chi connectivity index (χ4v) is 11.3. The largest absolute Gasteiger partial charge is 0.507 e. The van der Waals surface area contributed by atoms with E-state index in [0.29, 0.717) is 95.9 Å². The number of phenolic OH excluding ortho intramolecular Hbond substituents is 8. The Balaban J connectivity index is 1.39. The smallest absolute Gasteiger partial charge is 0.126 e. The summed E-state index contributed by atoms with van der Waals surface area (Å²) in [5, 5.41) is 99.3. The Hall–Kier alpha value is -7.84. The molecule has 8 aromatic rings. The van der Waals surface area contributed by atoms with Crippen LogP contribution in [0.5, 0.6) is 46.0 Å². The number of aryl methyl sites for hydroxylation is 4. The molecule has 8 aromatic carbocycles. The maximum Gasteiger partial charge on any atom is 0.126 e. The molecule has 0 atom stereocenters. The van der Waals surface area contributed by atoms with Crippen LogP contribution in [-0.2, 0) is 25.7 Å². The molecule has 1 aliphatic carbocycles. The van der Waals surface area contributed by atoms with Crippen LogP contribution < -0.4 is 0 Å². The highest BCUT2D eigenvalue weighted by Gasteiger charge is 2.36. The minimum absolute atomic E-state index is 0.145. The van der Waals surface area contributed by atoms with E-state index in [2.05, 4.69) is 0 Å². The summed E-state index contributed by atoms with van der Waals surface area (Å²) in [5.41, 5.74) is 8.62. The second kappa shape index (κ2) is 20.9. The Labute approximate surface area is 422 Å². The third kappa shape index (κ3) is 9.53. The van der Waals surface area contributed by atoms with Gasteiger partial charge in [-0.3, -0.25) is 0 Å². The van der Waals surface area contributed by atoms with E-state index in [1.54, 1.807) is 52.0 Å². The molecule has 0 spiro atoms. The van der Waals surface area contributed by atoms with Crippen molar-refractivity contribution in [2.45, 2.75) is 103 Å². The van der Waals surface area contributed by atoms with Crippen LogP contribution in [0.2, 0.25) is 0 Å². The second-order valence-corrected chi connectivity index (χ2v) is 19.8. The molecule has 0 aliphatic heterocycles. The summed E-state index contributed by atoms with van der Waals surface area (Å²) in [6.07, 6.45) is 3.73. The fraction of sp³-hybridized carbons (Fsp3) is 0.250. The van der Waals surface area contributed by atoms with Gasteiger partial charge < -0.3 is 40.9 Å². The molecule has 9 rings (SSSR count). The average molecular weight is 961 g/mol. The Morgan fingerprint density at radius 3 is 0.556 bits per heavy atom. The van der Waals surface area contributed by atoms with Crippen LogP contribution in [0.1, 0.15) is 138 Å². The number of aromatic hydroxyl groups is 8. The molecule has 8 heteroatoms. The van der Waals surface area contributed by atoms with Crippen molar-refractivity contribution in [1.82, 2.24) is 0 Å². The average Bonchev–Trinajstić information content (AvgIpc) is 3.40. The highest BCUT2D eigenvalue weighted by Crippen LogP contribution is 2.55. The normalized spacial score (nSPS) is 16.4. The van der Waals surface area contributed by atoms with Gasteiger partial charge in [0.25, 0.3) is 0 Å². The van der Waals surface area contributed by atoms with E-state index >= 15 is 0 Å². The zero-order chi connectivity index (χ0) is 50.8. The van der Waals surface area contributed by atoms with Crippen LogP contribution in [0.25, 0.3) is 0 Å². The highest BCUT2D eigenvalue weighted by atomic mass is 16.3. The van der Waals surface area contributed by atoms with Gasteiger partial charge in [-0.1, -0.05) is 121 Å². The number of phenols is 8. The quantitative estimate of drug-likeness (QED) is 0.0600. The molecule has 0 fully saturated rings. The molecule has 8 N–H and O–H groups in total. The Morgan fingerprint density at radius 1 is 0.250 bits per heavy atom. The van der Waals surface area contributed by atoms with E-state index in [1.807, 2.05) is 121 Å². The zero-order valence-electron chi connectivity index (χ0n) is 41.4. The van der Waals surface area contributed by atoms with Crippen LogP contribution in [-0.4, -0.2) is 40.9 Å². The number of fused-ring (bicyclic) bond motifs is 8. The van der Waals surface area contributed by atoms with Gasteiger partial charge >= 0.3 is 0 Å². The van der Waals surface area contributed by atoms with Gasteiger partial charge in [-0.05, 0) is 126 Å². The molecule has 0 radical (unpaired) electrons. The van der Waals surface area contributed by atoms with Gasteiger partial charge in [-0.2, -0.15) is 0 Å². The summed E-state index contributed by atoms with van der Waals surface area (Å²) in [7, 11) is 0. The molecular weight excluding hydrogens is 897 g/mol. The van der Waals surface area contributed by atoms with Crippen molar-refractivity contribution in [3.05, 3.63) is 235 Å². The number of hydrogen-bond acceptors (Lipinski definition) is 8. The summed E-state index contributed by atoms with van der Waals surface area (Å²) >= 11 is 0. The first-order valence-electron chi connectivity index (χ1n) is 25.1. The lowest BCUT2D eigenvalue weighted by molar-refractivity contribution is 0.414. The van der Waals surface area contributed by atoms with Gasteiger partial charge in [-0.15, -0.1) is 0 Å². The van der Waals surface area contributed by atoms with E-state index in [-0.39, 0.29) is 68.2 Å². The SMILES string of the molecule is Cc1c(O)c2cc(c1O)C(CCc1ccccc1)c1cc(c(O)c(C)c1O)C(CCc1ccccc1)c1cc(c(O)c(C)c1O)C(CCc1ccccc1)c1cc(c(O)c(C)c1O)C2CCc1ccccc1. The van der Waals surface area contributed by atoms with E-state index in [0.717, 1.165) is 22.3 Å². The fourth-order valence-electron chi connectivity index (χ4n) is 11.3. The van der Waals surface area contributed by atoms with Crippen molar-refractivity contribution in [2.75, 3.05) is 0 Å². The van der Waals surface area contributed by atoms with E-state index in [9.17, 15) is 40.9 Å². The van der Waals surface area contributed by atoms with Crippen molar-refractivity contribution < 1.29 is 40.9 Å². The molecule has 8 nitrogen and oxygen atoms in total. The first-order chi connectivity index (χ1) is 34.7. The molecule has 8 bridgehead atoms. The summed E-state index contributed by atoms with van der Waals surface area (Å²) < 4.78 is 0. The standard InChI is InChI=1S/C64H64O8/c1-37-57(65)49-33-50(58(37)66)46(30-26-42-19-11-6-12-20-42)52-35-54(62(70)39(3)60(52)68)48(32-28-44-23-15-8-16-24-44)56-36-55(63(71)40(4)64(56)72)47(31-27-43-21-13-7-14-22-43)53-34-51(59(67)38(2)61(53)69)45(49)29-25-41-17-9-5-10-18-41/h5-24,33-36,45-48,65-72H,25-32H2,1-4H3. The second-order valence-electron chi connectivity index (χ2n) is 19.8. The third-order valence-electron chi connectivity index (χ3n) is 15.5. The molecule has 1 aliphatic rings. The molecule has 0 heterocycles. The van der Waals surface area contributed by atoms with Gasteiger partial charge in [-0.25, -0.2) is 0 Å². The Morgan fingerprint density at radius 2 is 0.403 bits per heavy atom. The summed E-state index contributed by atoms with van der Waals surface area (Å²) in [4.78, 5) is 0. The maximum absolute atomic E-state index is 12.4. The van der Waals surface area contributed by atoms with Gasteiger partial charge in [0, 0.05) is 90.4 Å². The Kier molecular flexibility index (Phi) is 14.2. The lowest BCUT2D eigenvalue weighted by Crippen LogP contribution is -2.14. The summed E-state index contributed by atoms with van der Waals surface area (Å²) in [6.45, 7) is 6.66. The van der Waals surface area contributed by atoms with Crippen LogP contribution in [0.3, 0.4) is 0 Å². The summed E-state index contributed by atoms with van der Waals surface area (Å²) in [5.74, 6) is -4.00. The molecule has 72 heavy (non-hydrogen) atoms. The number of rotatable bonds is 12. The third-order valence-corrected chi connectivity index (χ3v) is 15.5. The first kappa shape index (κ1) is 49.2. The van der Waals surface area contributed by atoms with Gasteiger partial charge in [0.15, 0.2) is 0 Å². The van der Waals surface area contributed by atoms with Gasteiger partial charge in [0.1, 0.15) is 46.0 Å². The number of benzene rings is 8. The lowest BCUT2D eigenvalue weighted by atomic mass is 9.74. The Bertz CT molecular complexity index is 2670. The topological polar surface area (TPSA) is 162 Å². The zero-order valence-corrected chi connectivity index (χ0v) is 41.4. The van der Waals surface area contributed by atoms with Crippen molar-refractivity contribution in [3.8, 4) is 46.0 Å². The minimum Gasteiger partial charge on any atom is -0.507 e. The van der Waals surface area contributed by atoms with Crippen LogP contribution in [0.4, 0.5) is 0 Å². The van der Waals surface area contributed by atoms with Crippen LogP contribution in [0, 0.1) is 27.7 Å². The van der Waals surface area contributed by atoms with Crippen molar-refractivity contribution in [3.63, 3.8) is 0 Å². The van der Waals surface area contributed by atoms with Crippen molar-refractivity contribution in [2.24, 2.45) is 0 Å². The van der Waals surface area contributed by atoms with Crippen LogP contribution >= 0.6 is 0 Å². The lowest BCUT2D eigenvalue weighted by Gasteiger charge is -2.31. The maximum atomic E-state index is 12.4. The van der Waals surface area contributed by atoms with E-state index in [1.165, 1.54) is 0 Å². The van der Waals surface area contributed by atoms with E-state index in [4.69, 9.17) is 0 Å². The molecule has 0 saturated carbocycles. The molecule has 0 unspecified atom stereocenters. The van der Waals surface area contributed by atoms with Gasteiger partial charge in [0.2, 0.25) is 0 Å². The summed E-state index contributed by atoms with van der Waals surface area (Å²) in [6, 6.07) is 47.0. The highest BCUT2D eigenvalue weighted by molar-refractivity contribution is 5.67. The van der Waals surface area contributed by atoms with E-state index < -0.39 is 23.7 Å². The first-order valence-corrected chi connectivity index (χ1v) is 25.1. The molecular formula is C64H64O8. The molecule has 0 amide bonds. The minimum atomic E-state index is -0.711. The predicted octanol–water partition coefficient (Wildman–Crippen LogP) is 13.9. The van der Waals surface area contributed by atoms with Gasteiger partial charge in [0.05, 0.1) is 0 Å². The van der Waals surface area contributed by atoms with Crippen molar-refractivity contribution >= 4 is 0 Å². The predicted molar refractivity (Wildman–Crippen MR) is 284 cm³/mol. The molecule has 0 aromatic heterocycles. The molecule has 0 saturated heterocycles. The van der Waals surface area contributed by atoms with Crippen molar-refractivity contribution in [1.29, 1.82) is 0 Å². The van der Waals surface area contributed by atoms with Crippen LogP contribution in [0.15, 0.2) is 146 Å². The monoisotopic (exact) mass is 960 g/mol. The molecule has 368 valence electrons.